The second-order valence-corrected chi connectivity index (χ2v) is 3.67. The number of hydrogen-bond acceptors (Lipinski definition) is 2. The lowest BCUT2D eigenvalue weighted by molar-refractivity contribution is 0.107. The maximum absolute atomic E-state index is 12.1. The van der Waals surface area contributed by atoms with Gasteiger partial charge in [0, 0.05) is 9.77 Å². The lowest BCUT2D eigenvalue weighted by atomic mass is 10.3. The lowest BCUT2D eigenvalue weighted by Crippen LogP contribution is -1.98. The van der Waals surface area contributed by atoms with Crippen LogP contribution in [0.2, 0.25) is 0 Å². The van der Waals surface area contributed by atoms with Crippen molar-refractivity contribution in [3.05, 3.63) is 27.1 Å². The van der Waals surface area contributed by atoms with E-state index in [0.717, 1.165) is 12.3 Å². The number of carbonyl (C=O) groups is 1. The maximum atomic E-state index is 12.1. The van der Waals surface area contributed by atoms with Gasteiger partial charge in [-0.05, 0) is 40.3 Å². The van der Waals surface area contributed by atoms with Crippen LogP contribution in [0.15, 0.2) is 12.3 Å². The minimum Gasteiger partial charge on any atom is -0.276 e. The van der Waals surface area contributed by atoms with Crippen LogP contribution in [0.3, 0.4) is 0 Å². The normalized spacial score (nSPS) is 10.5. The molecule has 70 valence electrons. The van der Waals surface area contributed by atoms with Crippen LogP contribution >= 0.6 is 34.2 Å². The SMILES string of the molecule is O=C(Cl)c1cnc(C(F)F)cc1I. The molecule has 13 heavy (non-hydrogen) atoms. The molecule has 0 saturated heterocycles. The first-order valence-electron chi connectivity index (χ1n) is 3.16. The van der Waals surface area contributed by atoms with Gasteiger partial charge in [-0.3, -0.25) is 9.78 Å². The molecule has 0 bridgehead atoms. The molecule has 1 rings (SSSR count). The van der Waals surface area contributed by atoms with Crippen molar-refractivity contribution in [2.45, 2.75) is 6.43 Å². The summed E-state index contributed by atoms with van der Waals surface area (Å²) in [5, 5.41) is -0.697. The van der Waals surface area contributed by atoms with E-state index >= 15 is 0 Å². The maximum Gasteiger partial charge on any atom is 0.280 e. The van der Waals surface area contributed by atoms with Crippen molar-refractivity contribution in [1.29, 1.82) is 0 Å². The fourth-order valence-corrected chi connectivity index (χ4v) is 1.72. The highest BCUT2D eigenvalue weighted by Crippen LogP contribution is 2.21. The zero-order chi connectivity index (χ0) is 10.0. The molecule has 0 aliphatic rings. The molecule has 1 aromatic heterocycles. The molecule has 1 heterocycles. The molecule has 6 heteroatoms. The zero-order valence-corrected chi connectivity index (χ0v) is 9.01. The number of aromatic nitrogens is 1. The van der Waals surface area contributed by atoms with Crippen molar-refractivity contribution in [2.24, 2.45) is 0 Å². The first-order valence-corrected chi connectivity index (χ1v) is 4.61. The van der Waals surface area contributed by atoms with Crippen molar-refractivity contribution < 1.29 is 13.6 Å². The third kappa shape index (κ3) is 2.57. The molecular weight excluding hydrogens is 314 g/mol. The minimum atomic E-state index is -2.63. The number of alkyl halides is 2. The molecule has 0 radical (unpaired) electrons. The van der Waals surface area contributed by atoms with E-state index in [-0.39, 0.29) is 11.3 Å². The van der Waals surface area contributed by atoms with Crippen molar-refractivity contribution in [1.82, 2.24) is 4.98 Å². The van der Waals surface area contributed by atoms with Crippen LogP contribution in [0.5, 0.6) is 0 Å². The van der Waals surface area contributed by atoms with Gasteiger partial charge < -0.3 is 0 Å². The zero-order valence-electron chi connectivity index (χ0n) is 6.10. The van der Waals surface area contributed by atoms with Gasteiger partial charge in [-0.1, -0.05) is 0 Å². The molecule has 0 aliphatic carbocycles. The van der Waals surface area contributed by atoms with Gasteiger partial charge in [-0.25, -0.2) is 8.78 Å². The highest BCUT2D eigenvalue weighted by molar-refractivity contribution is 14.1. The van der Waals surface area contributed by atoms with Crippen LogP contribution in [-0.2, 0) is 0 Å². The quantitative estimate of drug-likeness (QED) is 0.620. The fraction of sp³-hybridized carbons (Fsp3) is 0.143. The van der Waals surface area contributed by atoms with Gasteiger partial charge in [0.2, 0.25) is 0 Å². The summed E-state index contributed by atoms with van der Waals surface area (Å²) in [6.45, 7) is 0. The topological polar surface area (TPSA) is 30.0 Å². The van der Waals surface area contributed by atoms with E-state index in [1.807, 2.05) is 0 Å². The monoisotopic (exact) mass is 317 g/mol. The van der Waals surface area contributed by atoms with Crippen LogP contribution < -0.4 is 0 Å². The number of halogens is 4. The summed E-state index contributed by atoms with van der Waals surface area (Å²) in [5.41, 5.74) is -0.210. The van der Waals surface area contributed by atoms with Crippen LogP contribution in [-0.4, -0.2) is 10.2 Å². The van der Waals surface area contributed by atoms with E-state index in [4.69, 9.17) is 11.6 Å². The Balaban J connectivity index is 3.13. The first kappa shape index (κ1) is 10.8. The predicted octanol–water partition coefficient (Wildman–Crippen LogP) is 3.00. The van der Waals surface area contributed by atoms with Gasteiger partial charge in [0.05, 0.1) is 5.56 Å². The van der Waals surface area contributed by atoms with Crippen LogP contribution in [0, 0.1) is 3.57 Å². The molecule has 0 aliphatic heterocycles. The van der Waals surface area contributed by atoms with E-state index in [2.05, 4.69) is 4.98 Å². The summed E-state index contributed by atoms with van der Waals surface area (Å²) in [4.78, 5) is 14.1. The number of hydrogen-bond donors (Lipinski definition) is 0. The van der Waals surface area contributed by atoms with Gasteiger partial charge in [0.15, 0.2) is 0 Å². The van der Waals surface area contributed by atoms with E-state index in [0.29, 0.717) is 3.57 Å². The number of pyridine rings is 1. The fourth-order valence-electron chi connectivity index (χ4n) is 0.710. The molecule has 0 unspecified atom stereocenters. The second kappa shape index (κ2) is 4.28. The number of carbonyl (C=O) groups excluding carboxylic acids is 1. The Morgan fingerprint density at radius 1 is 1.62 bits per heavy atom. The Kier molecular flexibility index (Phi) is 3.55. The summed E-state index contributed by atoms with van der Waals surface area (Å²) in [7, 11) is 0. The van der Waals surface area contributed by atoms with E-state index in [9.17, 15) is 13.6 Å². The number of nitrogens with zero attached hydrogens (tertiary/aromatic N) is 1. The third-order valence-electron chi connectivity index (χ3n) is 1.31. The van der Waals surface area contributed by atoms with Gasteiger partial charge in [-0.15, -0.1) is 0 Å². The minimum absolute atomic E-state index is 0.145. The Labute approximate surface area is 91.4 Å². The molecule has 0 saturated carbocycles. The van der Waals surface area contributed by atoms with Gasteiger partial charge in [0.25, 0.3) is 11.7 Å². The molecule has 0 fully saturated rings. The highest BCUT2D eigenvalue weighted by atomic mass is 127. The molecule has 1 aromatic rings. The standard InChI is InChI=1S/C7H3ClF2INO/c8-6(13)3-2-12-5(7(9)10)1-4(3)11/h1-2,7H. The van der Waals surface area contributed by atoms with Crippen LogP contribution in [0.4, 0.5) is 8.78 Å². The van der Waals surface area contributed by atoms with Crippen molar-refractivity contribution in [3.63, 3.8) is 0 Å². The summed E-state index contributed by atoms with van der Waals surface area (Å²) in [6, 6.07) is 1.14. The largest absolute Gasteiger partial charge is 0.280 e. The Morgan fingerprint density at radius 2 is 2.23 bits per heavy atom. The smallest absolute Gasteiger partial charge is 0.276 e. The van der Waals surface area contributed by atoms with Crippen molar-refractivity contribution in [2.75, 3.05) is 0 Å². The molecule has 0 aromatic carbocycles. The summed E-state index contributed by atoms with van der Waals surface area (Å²) < 4.78 is 24.6. The predicted molar refractivity (Wildman–Crippen MR) is 52.1 cm³/mol. The van der Waals surface area contributed by atoms with E-state index < -0.39 is 11.7 Å². The van der Waals surface area contributed by atoms with Gasteiger partial charge in [0.1, 0.15) is 5.69 Å². The third-order valence-corrected chi connectivity index (χ3v) is 2.41. The molecule has 2 nitrogen and oxygen atoms in total. The first-order chi connectivity index (χ1) is 6.02. The molecule has 0 amide bonds. The van der Waals surface area contributed by atoms with E-state index in [1.165, 1.54) is 0 Å². The Morgan fingerprint density at radius 3 is 2.62 bits per heavy atom. The summed E-state index contributed by atoms with van der Waals surface area (Å²) in [5.74, 6) is 0. The van der Waals surface area contributed by atoms with Crippen LogP contribution in [0.1, 0.15) is 22.5 Å². The Hall–Kier alpha value is -0.300. The average molecular weight is 317 g/mol. The Bertz CT molecular complexity index is 345. The summed E-state index contributed by atoms with van der Waals surface area (Å²) in [6.07, 6.45) is -1.58. The highest BCUT2D eigenvalue weighted by Gasteiger charge is 2.13. The molecule has 0 atom stereocenters. The van der Waals surface area contributed by atoms with Gasteiger partial charge in [-0.2, -0.15) is 0 Å². The van der Waals surface area contributed by atoms with E-state index in [1.54, 1.807) is 22.6 Å². The van der Waals surface area contributed by atoms with Crippen LogP contribution in [0.25, 0.3) is 0 Å². The molecule has 0 spiro atoms. The summed E-state index contributed by atoms with van der Waals surface area (Å²) >= 11 is 6.93. The van der Waals surface area contributed by atoms with Crippen molar-refractivity contribution >= 4 is 39.4 Å². The average Bonchev–Trinajstić information content (AvgIpc) is 2.03. The van der Waals surface area contributed by atoms with Gasteiger partial charge >= 0.3 is 0 Å². The molecular formula is C7H3ClF2INO. The second-order valence-electron chi connectivity index (χ2n) is 2.16. The molecule has 0 N–H and O–H groups in total. The lowest BCUT2D eigenvalue weighted by Gasteiger charge is -2.01. The number of rotatable bonds is 2. The van der Waals surface area contributed by atoms with Crippen molar-refractivity contribution in [3.8, 4) is 0 Å².